The highest BCUT2D eigenvalue weighted by atomic mass is 35.5. The Morgan fingerprint density at radius 3 is 1.80 bits per heavy atom. The third-order valence-corrected chi connectivity index (χ3v) is 4.00. The molecule has 0 heterocycles. The van der Waals surface area contributed by atoms with E-state index >= 15 is 0 Å². The molecule has 0 aromatic rings. The van der Waals surface area contributed by atoms with Gasteiger partial charge in [-0.05, 0) is 19.8 Å². The Morgan fingerprint density at radius 2 is 1.80 bits per heavy atom. The summed E-state index contributed by atoms with van der Waals surface area (Å²) in [6.45, 7) is 7.77. The molecule has 0 amide bonds. The molecule has 1 saturated carbocycles. The molecule has 0 bridgehead atoms. The molecule has 1 fully saturated rings. The fraction of sp³-hybridized carbons (Fsp3) is 1.00. The molecule has 2 heteroatoms. The van der Waals surface area contributed by atoms with Crippen molar-refractivity contribution in [2.75, 3.05) is 0 Å². The van der Waals surface area contributed by atoms with Crippen molar-refractivity contribution >= 4 is 11.6 Å². The van der Waals surface area contributed by atoms with Crippen LogP contribution in [-0.2, 0) is 0 Å². The maximum Gasteiger partial charge on any atom is 0.0662 e. The molecule has 0 aliphatic heterocycles. The van der Waals surface area contributed by atoms with Gasteiger partial charge in [0.15, 0.2) is 0 Å². The summed E-state index contributed by atoms with van der Waals surface area (Å²) in [7, 11) is 0. The van der Waals surface area contributed by atoms with Crippen LogP contribution in [-0.4, -0.2) is 16.1 Å². The topological polar surface area (TPSA) is 20.2 Å². The Morgan fingerprint density at radius 1 is 1.50 bits per heavy atom. The van der Waals surface area contributed by atoms with Gasteiger partial charge in [0.2, 0.25) is 0 Å². The Balaban J connectivity index is 2.75. The predicted octanol–water partition coefficient (Wildman–Crippen LogP) is 2.02. The van der Waals surface area contributed by atoms with E-state index in [0.29, 0.717) is 5.92 Å². The highest BCUT2D eigenvalue weighted by molar-refractivity contribution is 6.23. The SMILES string of the molecule is C[C@H]1[C@@H](Cl)[C@]1(C)C(C)(C)O. The first-order chi connectivity index (χ1) is 4.32. The van der Waals surface area contributed by atoms with E-state index in [0.717, 1.165) is 0 Å². The summed E-state index contributed by atoms with van der Waals surface area (Å²) in [5.74, 6) is 0.439. The van der Waals surface area contributed by atoms with Crippen LogP contribution in [0.2, 0.25) is 0 Å². The third kappa shape index (κ3) is 0.802. The van der Waals surface area contributed by atoms with Crippen molar-refractivity contribution < 1.29 is 5.11 Å². The molecule has 1 N–H and O–H groups in total. The molecular formula is C8H15ClO. The lowest BCUT2D eigenvalue weighted by Crippen LogP contribution is -2.32. The average Bonchev–Trinajstić information content (AvgIpc) is 2.19. The molecule has 60 valence electrons. The second-order valence-electron chi connectivity index (χ2n) is 4.03. The number of aliphatic hydroxyl groups is 1. The molecule has 0 saturated heterocycles. The number of hydrogen-bond acceptors (Lipinski definition) is 1. The number of hydrogen-bond donors (Lipinski definition) is 1. The van der Waals surface area contributed by atoms with Crippen molar-refractivity contribution in [2.45, 2.75) is 38.7 Å². The minimum atomic E-state index is -0.640. The van der Waals surface area contributed by atoms with Crippen molar-refractivity contribution in [1.82, 2.24) is 0 Å². The van der Waals surface area contributed by atoms with Crippen molar-refractivity contribution in [1.29, 1.82) is 0 Å². The second-order valence-corrected chi connectivity index (χ2v) is 4.50. The lowest BCUT2D eigenvalue weighted by atomic mass is 9.87. The quantitative estimate of drug-likeness (QED) is 0.585. The van der Waals surface area contributed by atoms with Crippen molar-refractivity contribution in [3.63, 3.8) is 0 Å². The van der Waals surface area contributed by atoms with Crippen LogP contribution in [0.1, 0.15) is 27.7 Å². The van der Waals surface area contributed by atoms with Gasteiger partial charge >= 0.3 is 0 Å². The summed E-state index contributed by atoms with van der Waals surface area (Å²) in [6, 6.07) is 0. The Kier molecular flexibility index (Phi) is 1.58. The summed E-state index contributed by atoms with van der Waals surface area (Å²) >= 11 is 5.97. The highest BCUT2D eigenvalue weighted by Gasteiger charge is 2.65. The van der Waals surface area contributed by atoms with Crippen LogP contribution in [0, 0.1) is 11.3 Å². The zero-order valence-electron chi connectivity index (χ0n) is 6.98. The van der Waals surface area contributed by atoms with Crippen molar-refractivity contribution in [3.05, 3.63) is 0 Å². The van der Waals surface area contributed by atoms with E-state index in [1.54, 1.807) is 0 Å². The Bertz CT molecular complexity index is 140. The number of halogens is 1. The summed E-state index contributed by atoms with van der Waals surface area (Å²) in [5, 5.41) is 9.82. The Hall–Kier alpha value is 0.250. The van der Waals surface area contributed by atoms with Crippen LogP contribution >= 0.6 is 11.6 Å². The van der Waals surface area contributed by atoms with Gasteiger partial charge in [-0.25, -0.2) is 0 Å². The lowest BCUT2D eigenvalue weighted by Gasteiger charge is -2.26. The van der Waals surface area contributed by atoms with E-state index in [1.807, 2.05) is 20.8 Å². The molecule has 0 aromatic carbocycles. The third-order valence-electron chi connectivity index (χ3n) is 3.17. The Labute approximate surface area is 67.4 Å². The fourth-order valence-corrected chi connectivity index (χ4v) is 2.21. The molecule has 1 nitrogen and oxygen atoms in total. The van der Waals surface area contributed by atoms with Gasteiger partial charge < -0.3 is 5.11 Å². The fourth-order valence-electron chi connectivity index (χ4n) is 1.56. The molecule has 1 aliphatic carbocycles. The summed E-state index contributed by atoms with van der Waals surface area (Å²) < 4.78 is 0. The molecule has 1 aliphatic rings. The van der Waals surface area contributed by atoms with Crippen molar-refractivity contribution in [3.8, 4) is 0 Å². The molecule has 3 atom stereocenters. The molecule has 1 rings (SSSR count). The summed E-state index contributed by atoms with van der Waals surface area (Å²) in [6.07, 6.45) is 0. The highest BCUT2D eigenvalue weighted by Crippen LogP contribution is 2.61. The standard InChI is InChI=1S/C8H15ClO/c1-5-6(9)8(5,4)7(2,3)10/h5-6,10H,1-4H3/t5-,6+,8+/m0/s1. The van der Waals surface area contributed by atoms with Gasteiger partial charge in [0.25, 0.3) is 0 Å². The first-order valence-corrected chi connectivity index (χ1v) is 4.12. The van der Waals surface area contributed by atoms with Crippen LogP contribution in [0.3, 0.4) is 0 Å². The van der Waals surface area contributed by atoms with Gasteiger partial charge in [0, 0.05) is 10.8 Å². The molecule has 0 radical (unpaired) electrons. The van der Waals surface area contributed by atoms with Crippen LogP contribution in [0.15, 0.2) is 0 Å². The van der Waals surface area contributed by atoms with Gasteiger partial charge in [-0.2, -0.15) is 0 Å². The van der Waals surface area contributed by atoms with Gasteiger partial charge in [-0.3, -0.25) is 0 Å². The van der Waals surface area contributed by atoms with E-state index in [-0.39, 0.29) is 10.8 Å². The smallest absolute Gasteiger partial charge is 0.0662 e. The largest absolute Gasteiger partial charge is 0.390 e. The maximum absolute atomic E-state index is 9.67. The zero-order chi connectivity index (χ0) is 8.15. The van der Waals surface area contributed by atoms with Gasteiger partial charge in [-0.15, -0.1) is 11.6 Å². The monoisotopic (exact) mass is 162 g/mol. The first-order valence-electron chi connectivity index (χ1n) is 3.68. The van der Waals surface area contributed by atoms with Gasteiger partial charge in [0.05, 0.1) is 5.60 Å². The summed E-state index contributed by atoms with van der Waals surface area (Å²) in [4.78, 5) is 0. The normalized spacial score (nSPS) is 47.4. The van der Waals surface area contributed by atoms with E-state index < -0.39 is 5.60 Å². The molecule has 0 aromatic heterocycles. The lowest BCUT2D eigenvalue weighted by molar-refractivity contribution is 0.00473. The predicted molar refractivity (Wildman–Crippen MR) is 43.2 cm³/mol. The number of alkyl halides is 1. The van der Waals surface area contributed by atoms with Crippen LogP contribution < -0.4 is 0 Å². The first kappa shape index (κ1) is 8.35. The van der Waals surface area contributed by atoms with Crippen LogP contribution in [0.4, 0.5) is 0 Å². The van der Waals surface area contributed by atoms with E-state index in [2.05, 4.69) is 6.92 Å². The molecule has 0 spiro atoms. The average molecular weight is 163 g/mol. The zero-order valence-corrected chi connectivity index (χ0v) is 7.74. The maximum atomic E-state index is 9.67. The molecular weight excluding hydrogens is 148 g/mol. The van der Waals surface area contributed by atoms with Crippen LogP contribution in [0.25, 0.3) is 0 Å². The minimum absolute atomic E-state index is 0.0748. The molecule has 10 heavy (non-hydrogen) atoms. The van der Waals surface area contributed by atoms with E-state index in [1.165, 1.54) is 0 Å². The van der Waals surface area contributed by atoms with E-state index in [4.69, 9.17) is 11.6 Å². The number of rotatable bonds is 1. The molecule has 0 unspecified atom stereocenters. The minimum Gasteiger partial charge on any atom is -0.390 e. The van der Waals surface area contributed by atoms with Crippen LogP contribution in [0.5, 0.6) is 0 Å². The van der Waals surface area contributed by atoms with E-state index in [9.17, 15) is 5.11 Å². The van der Waals surface area contributed by atoms with Gasteiger partial charge in [-0.1, -0.05) is 13.8 Å². The summed E-state index contributed by atoms with van der Waals surface area (Å²) in [5.41, 5.74) is -0.715. The van der Waals surface area contributed by atoms with Crippen molar-refractivity contribution in [2.24, 2.45) is 11.3 Å². The van der Waals surface area contributed by atoms with Gasteiger partial charge in [0.1, 0.15) is 0 Å². The second kappa shape index (κ2) is 1.89.